The number of carboxylic acid groups (broad SMARTS) is 1. The minimum absolute atomic E-state index is 0.0184. The van der Waals surface area contributed by atoms with Gasteiger partial charge in [0.15, 0.2) is 6.10 Å². The Balaban J connectivity index is 2.27. The quantitative estimate of drug-likeness (QED) is 0.660. The van der Waals surface area contributed by atoms with Gasteiger partial charge in [-0.2, -0.15) is 0 Å². The number of carboxylic acids is 1. The Kier molecular flexibility index (Phi) is 2.60. The molecule has 2 N–H and O–H groups in total. The number of hydrogen-bond acceptors (Lipinski definition) is 5. The average molecular weight is 236 g/mol. The van der Waals surface area contributed by atoms with E-state index in [0.717, 1.165) is 0 Å². The number of β-amino-alcohol motifs (C(OH)–C–C–N with tert-alkyl or cyclic N) is 1. The van der Waals surface area contributed by atoms with Crippen molar-refractivity contribution in [2.75, 3.05) is 6.54 Å². The molecule has 17 heavy (non-hydrogen) atoms. The highest BCUT2D eigenvalue weighted by atomic mass is 16.4. The van der Waals surface area contributed by atoms with Crippen molar-refractivity contribution in [2.45, 2.75) is 6.10 Å². The highest BCUT2D eigenvalue weighted by Crippen LogP contribution is 2.20. The van der Waals surface area contributed by atoms with Gasteiger partial charge in [-0.1, -0.05) is 0 Å². The van der Waals surface area contributed by atoms with Crippen LogP contribution >= 0.6 is 0 Å². The van der Waals surface area contributed by atoms with E-state index in [9.17, 15) is 14.4 Å². The van der Waals surface area contributed by atoms with Crippen LogP contribution in [0.4, 0.5) is 0 Å². The van der Waals surface area contributed by atoms with E-state index in [1.165, 1.54) is 18.3 Å². The summed E-state index contributed by atoms with van der Waals surface area (Å²) in [7, 11) is 0. The molecule has 2 heterocycles. The summed E-state index contributed by atoms with van der Waals surface area (Å²) in [5, 5.41) is 17.7. The number of fused-ring (bicyclic) bond motifs is 1. The molecule has 1 unspecified atom stereocenters. The third kappa shape index (κ3) is 1.76. The third-order valence-electron chi connectivity index (χ3n) is 2.37. The molecule has 0 aliphatic carbocycles. The van der Waals surface area contributed by atoms with Gasteiger partial charge in [0.25, 0.3) is 11.8 Å². The number of aliphatic hydroxyl groups is 1. The Hall–Kier alpha value is -2.28. The van der Waals surface area contributed by atoms with Gasteiger partial charge in [-0.15, -0.1) is 0 Å². The van der Waals surface area contributed by atoms with Crippen LogP contribution in [0.1, 0.15) is 20.8 Å². The second-order valence-corrected chi connectivity index (χ2v) is 3.47. The van der Waals surface area contributed by atoms with Crippen LogP contribution in [0.25, 0.3) is 0 Å². The summed E-state index contributed by atoms with van der Waals surface area (Å²) in [5.74, 6) is -2.82. The first-order chi connectivity index (χ1) is 8.02. The van der Waals surface area contributed by atoms with E-state index in [4.69, 9.17) is 10.2 Å². The number of carbonyl (C=O) groups excluding carboxylic acids is 2. The second kappa shape index (κ2) is 3.95. The monoisotopic (exact) mass is 236 g/mol. The molecule has 2 rings (SSSR count). The van der Waals surface area contributed by atoms with Crippen molar-refractivity contribution in [3.63, 3.8) is 0 Å². The molecule has 88 valence electrons. The fraction of sp³-hybridized carbons (Fsp3) is 0.200. The van der Waals surface area contributed by atoms with Crippen molar-refractivity contribution in [3.05, 3.63) is 29.6 Å². The van der Waals surface area contributed by atoms with Crippen molar-refractivity contribution >= 4 is 17.8 Å². The van der Waals surface area contributed by atoms with E-state index in [0.29, 0.717) is 4.90 Å². The highest BCUT2D eigenvalue weighted by molar-refractivity contribution is 6.20. The molecule has 2 amide bonds. The molecule has 0 fully saturated rings. The standard InChI is InChI=1S/C10H8N2O5/c13-6(10(16)17)4-12-8(14)5-2-1-3-11-7(5)9(12)15/h1-3,6,13H,4H2,(H,16,17). The molecular formula is C10H8N2O5. The summed E-state index contributed by atoms with van der Waals surface area (Å²) >= 11 is 0. The number of pyridine rings is 1. The number of aromatic nitrogens is 1. The fourth-order valence-corrected chi connectivity index (χ4v) is 1.53. The number of aliphatic carboxylic acids is 1. The fourth-order valence-electron chi connectivity index (χ4n) is 1.53. The molecule has 0 saturated heterocycles. The van der Waals surface area contributed by atoms with E-state index in [1.54, 1.807) is 0 Å². The van der Waals surface area contributed by atoms with Crippen molar-refractivity contribution in [1.29, 1.82) is 0 Å². The van der Waals surface area contributed by atoms with Gasteiger partial charge in [-0.05, 0) is 12.1 Å². The topological polar surface area (TPSA) is 108 Å². The number of aliphatic hydroxyl groups excluding tert-OH is 1. The summed E-state index contributed by atoms with van der Waals surface area (Å²) in [6.07, 6.45) is -0.432. The second-order valence-electron chi connectivity index (χ2n) is 3.47. The first kappa shape index (κ1) is 11.2. The molecule has 0 radical (unpaired) electrons. The lowest BCUT2D eigenvalue weighted by Gasteiger charge is -2.15. The van der Waals surface area contributed by atoms with Crippen molar-refractivity contribution in [3.8, 4) is 0 Å². The first-order valence-corrected chi connectivity index (χ1v) is 4.74. The van der Waals surface area contributed by atoms with Crippen molar-refractivity contribution in [1.82, 2.24) is 9.88 Å². The van der Waals surface area contributed by atoms with E-state index < -0.39 is 30.4 Å². The van der Waals surface area contributed by atoms with Crippen LogP contribution in [-0.2, 0) is 4.79 Å². The lowest BCUT2D eigenvalue weighted by molar-refractivity contribution is -0.146. The molecule has 7 heteroatoms. The number of carbonyl (C=O) groups is 3. The van der Waals surface area contributed by atoms with Crippen LogP contribution in [0.5, 0.6) is 0 Å². The third-order valence-corrected chi connectivity index (χ3v) is 2.37. The molecule has 0 bridgehead atoms. The van der Waals surface area contributed by atoms with Gasteiger partial charge in [0.1, 0.15) is 5.69 Å². The smallest absolute Gasteiger partial charge is 0.334 e. The van der Waals surface area contributed by atoms with Gasteiger partial charge >= 0.3 is 5.97 Å². The molecule has 1 aliphatic rings. The van der Waals surface area contributed by atoms with Crippen LogP contribution < -0.4 is 0 Å². The molecule has 1 aromatic heterocycles. The summed E-state index contributed by atoms with van der Waals surface area (Å²) in [6, 6.07) is 2.93. The maximum Gasteiger partial charge on any atom is 0.334 e. The van der Waals surface area contributed by atoms with Crippen molar-refractivity contribution < 1.29 is 24.6 Å². The number of nitrogens with zero attached hydrogens (tertiary/aromatic N) is 2. The van der Waals surface area contributed by atoms with Gasteiger partial charge in [0, 0.05) is 6.20 Å². The van der Waals surface area contributed by atoms with Crippen LogP contribution in [0.15, 0.2) is 18.3 Å². The Bertz CT molecular complexity index is 478. The van der Waals surface area contributed by atoms with Gasteiger partial charge in [-0.25, -0.2) is 4.79 Å². The molecule has 1 aromatic rings. The van der Waals surface area contributed by atoms with Crippen LogP contribution in [0, 0.1) is 0 Å². The number of rotatable bonds is 3. The Morgan fingerprint density at radius 1 is 1.41 bits per heavy atom. The summed E-state index contributed by atoms with van der Waals surface area (Å²) in [5.41, 5.74) is 0.102. The predicted molar refractivity (Wildman–Crippen MR) is 53.2 cm³/mol. The summed E-state index contributed by atoms with van der Waals surface area (Å²) < 4.78 is 0. The maximum atomic E-state index is 11.7. The predicted octanol–water partition coefficient (Wildman–Crippen LogP) is -0.877. The summed E-state index contributed by atoms with van der Waals surface area (Å²) in [6.45, 7) is -0.580. The van der Waals surface area contributed by atoms with Crippen LogP contribution in [0.2, 0.25) is 0 Å². The van der Waals surface area contributed by atoms with Gasteiger partial charge in [-0.3, -0.25) is 19.5 Å². The summed E-state index contributed by atoms with van der Waals surface area (Å²) in [4.78, 5) is 38.3. The zero-order valence-electron chi connectivity index (χ0n) is 8.53. The van der Waals surface area contributed by atoms with E-state index in [2.05, 4.69) is 4.98 Å². The van der Waals surface area contributed by atoms with Gasteiger partial charge in [0.2, 0.25) is 0 Å². The Morgan fingerprint density at radius 3 is 2.71 bits per heavy atom. The highest BCUT2D eigenvalue weighted by Gasteiger charge is 2.38. The van der Waals surface area contributed by atoms with E-state index in [-0.39, 0.29) is 11.3 Å². The number of imide groups is 1. The molecule has 0 aromatic carbocycles. The van der Waals surface area contributed by atoms with Crippen LogP contribution in [0.3, 0.4) is 0 Å². The van der Waals surface area contributed by atoms with Crippen molar-refractivity contribution in [2.24, 2.45) is 0 Å². The first-order valence-electron chi connectivity index (χ1n) is 4.74. The maximum absolute atomic E-state index is 11.7. The molecular weight excluding hydrogens is 228 g/mol. The van der Waals surface area contributed by atoms with E-state index >= 15 is 0 Å². The minimum atomic E-state index is -1.79. The number of hydrogen-bond donors (Lipinski definition) is 2. The van der Waals surface area contributed by atoms with Crippen LogP contribution in [-0.4, -0.2) is 50.5 Å². The zero-order valence-corrected chi connectivity index (χ0v) is 8.53. The largest absolute Gasteiger partial charge is 0.479 e. The molecule has 7 nitrogen and oxygen atoms in total. The zero-order chi connectivity index (χ0) is 12.6. The molecule has 1 atom stereocenters. The Labute approximate surface area is 95.3 Å². The Morgan fingerprint density at radius 2 is 2.12 bits per heavy atom. The molecule has 0 spiro atoms. The minimum Gasteiger partial charge on any atom is -0.479 e. The van der Waals surface area contributed by atoms with E-state index in [1.807, 2.05) is 0 Å². The van der Waals surface area contributed by atoms with Gasteiger partial charge < -0.3 is 10.2 Å². The normalized spacial score (nSPS) is 15.9. The SMILES string of the molecule is O=C(O)C(O)CN1C(=O)c2cccnc2C1=O. The lowest BCUT2D eigenvalue weighted by atomic mass is 10.2. The molecule has 0 saturated carbocycles. The van der Waals surface area contributed by atoms with Gasteiger partial charge in [0.05, 0.1) is 12.1 Å². The average Bonchev–Trinajstić information content (AvgIpc) is 2.55. The lowest BCUT2D eigenvalue weighted by Crippen LogP contribution is -2.40. The number of amides is 2. The molecule has 1 aliphatic heterocycles.